The van der Waals surface area contributed by atoms with Crippen LogP contribution in [-0.4, -0.2) is 38.2 Å². The van der Waals surface area contributed by atoms with Crippen molar-refractivity contribution in [3.63, 3.8) is 0 Å². The summed E-state index contributed by atoms with van der Waals surface area (Å²) in [7, 11) is 0. The van der Waals surface area contributed by atoms with Gasteiger partial charge in [-0.25, -0.2) is 0 Å². The standard InChI is InChI=1S/C16H20ClN5/c17-13-5-7-14(8-6-13)22-15(18-19-20-22)16(9-1-2-10-16)21-11-3-4-12-21/h5-8H,1-4,9-12H2. The van der Waals surface area contributed by atoms with Crippen molar-refractivity contribution in [1.82, 2.24) is 25.1 Å². The van der Waals surface area contributed by atoms with Crippen molar-refractivity contribution in [2.45, 2.75) is 44.1 Å². The number of nitrogens with zero attached hydrogens (tertiary/aromatic N) is 5. The van der Waals surface area contributed by atoms with E-state index in [0.29, 0.717) is 0 Å². The molecular formula is C16H20ClN5. The fourth-order valence-corrected chi connectivity index (χ4v) is 4.15. The van der Waals surface area contributed by atoms with Gasteiger partial charge in [0.15, 0.2) is 5.82 Å². The molecule has 0 amide bonds. The average molecular weight is 318 g/mol. The minimum Gasteiger partial charge on any atom is -0.291 e. The van der Waals surface area contributed by atoms with E-state index in [2.05, 4.69) is 20.4 Å². The number of aromatic nitrogens is 4. The lowest BCUT2D eigenvalue weighted by atomic mass is 9.94. The molecule has 0 spiro atoms. The van der Waals surface area contributed by atoms with Crippen molar-refractivity contribution < 1.29 is 0 Å². The highest BCUT2D eigenvalue weighted by molar-refractivity contribution is 6.30. The van der Waals surface area contributed by atoms with E-state index in [0.717, 1.165) is 42.5 Å². The number of halogens is 1. The first-order chi connectivity index (χ1) is 10.8. The molecule has 0 unspecified atom stereocenters. The number of hydrogen-bond donors (Lipinski definition) is 0. The van der Waals surface area contributed by atoms with Crippen molar-refractivity contribution in [3.8, 4) is 5.69 Å². The number of benzene rings is 1. The van der Waals surface area contributed by atoms with Crippen LogP contribution in [-0.2, 0) is 5.54 Å². The molecule has 1 aromatic carbocycles. The first kappa shape index (κ1) is 14.2. The molecule has 0 atom stereocenters. The van der Waals surface area contributed by atoms with Gasteiger partial charge >= 0.3 is 0 Å². The predicted molar refractivity (Wildman–Crippen MR) is 85.1 cm³/mol. The number of likely N-dealkylation sites (tertiary alicyclic amines) is 1. The van der Waals surface area contributed by atoms with Crippen LogP contribution >= 0.6 is 11.6 Å². The van der Waals surface area contributed by atoms with Gasteiger partial charge in [-0.15, -0.1) is 5.10 Å². The molecule has 0 N–H and O–H groups in total. The summed E-state index contributed by atoms with van der Waals surface area (Å²) in [6.07, 6.45) is 7.38. The summed E-state index contributed by atoms with van der Waals surface area (Å²) in [4.78, 5) is 2.61. The van der Waals surface area contributed by atoms with E-state index in [4.69, 9.17) is 11.6 Å². The summed E-state index contributed by atoms with van der Waals surface area (Å²) in [5.41, 5.74) is 0.995. The van der Waals surface area contributed by atoms with E-state index < -0.39 is 0 Å². The van der Waals surface area contributed by atoms with Crippen LogP contribution in [0.4, 0.5) is 0 Å². The molecule has 2 heterocycles. The molecule has 116 valence electrons. The van der Waals surface area contributed by atoms with Crippen LogP contribution in [0.5, 0.6) is 0 Å². The second-order valence-electron chi connectivity index (χ2n) is 6.32. The third-order valence-electron chi connectivity index (χ3n) is 5.10. The zero-order valence-electron chi connectivity index (χ0n) is 12.6. The summed E-state index contributed by atoms with van der Waals surface area (Å²) in [6.45, 7) is 2.32. The first-order valence-corrected chi connectivity index (χ1v) is 8.47. The molecule has 2 aromatic rings. The molecule has 1 aliphatic carbocycles. The van der Waals surface area contributed by atoms with Crippen molar-refractivity contribution in [1.29, 1.82) is 0 Å². The topological polar surface area (TPSA) is 46.8 Å². The van der Waals surface area contributed by atoms with Crippen LogP contribution in [0.25, 0.3) is 5.69 Å². The van der Waals surface area contributed by atoms with Crippen LogP contribution in [0.2, 0.25) is 5.02 Å². The minimum atomic E-state index is 0.0135. The molecule has 0 bridgehead atoms. The third kappa shape index (κ3) is 2.23. The van der Waals surface area contributed by atoms with Crippen LogP contribution in [0.1, 0.15) is 44.3 Å². The predicted octanol–water partition coefficient (Wildman–Crippen LogP) is 3.18. The van der Waals surface area contributed by atoms with E-state index in [9.17, 15) is 0 Å². The van der Waals surface area contributed by atoms with Gasteiger partial charge in [0.1, 0.15) is 0 Å². The molecule has 2 fully saturated rings. The van der Waals surface area contributed by atoms with Crippen LogP contribution in [0.3, 0.4) is 0 Å². The minimum absolute atomic E-state index is 0.0135. The quantitative estimate of drug-likeness (QED) is 0.872. The maximum atomic E-state index is 6.00. The molecule has 0 radical (unpaired) electrons. The molecule has 1 saturated heterocycles. The van der Waals surface area contributed by atoms with Gasteiger partial charge in [0.05, 0.1) is 11.2 Å². The van der Waals surface area contributed by atoms with E-state index in [-0.39, 0.29) is 5.54 Å². The Morgan fingerprint density at radius 2 is 1.64 bits per heavy atom. The van der Waals surface area contributed by atoms with E-state index in [1.807, 2.05) is 28.9 Å². The zero-order valence-corrected chi connectivity index (χ0v) is 13.3. The van der Waals surface area contributed by atoms with Gasteiger partial charge in [-0.05, 0) is 73.5 Å². The number of rotatable bonds is 3. The van der Waals surface area contributed by atoms with Crippen molar-refractivity contribution in [3.05, 3.63) is 35.1 Å². The summed E-state index contributed by atoms with van der Waals surface area (Å²) in [6, 6.07) is 7.74. The molecule has 5 nitrogen and oxygen atoms in total. The van der Waals surface area contributed by atoms with Crippen LogP contribution in [0.15, 0.2) is 24.3 Å². The monoisotopic (exact) mass is 317 g/mol. The van der Waals surface area contributed by atoms with E-state index in [1.54, 1.807) is 0 Å². The lowest BCUT2D eigenvalue weighted by Gasteiger charge is -2.37. The maximum Gasteiger partial charge on any atom is 0.176 e. The van der Waals surface area contributed by atoms with Crippen LogP contribution in [0, 0.1) is 0 Å². The Morgan fingerprint density at radius 1 is 0.955 bits per heavy atom. The molecule has 1 aromatic heterocycles. The summed E-state index contributed by atoms with van der Waals surface area (Å²) in [5.74, 6) is 0.995. The fraction of sp³-hybridized carbons (Fsp3) is 0.562. The lowest BCUT2D eigenvalue weighted by molar-refractivity contribution is 0.109. The van der Waals surface area contributed by atoms with Crippen LogP contribution < -0.4 is 0 Å². The smallest absolute Gasteiger partial charge is 0.176 e. The lowest BCUT2D eigenvalue weighted by Crippen LogP contribution is -2.44. The number of tetrazole rings is 1. The molecular weight excluding hydrogens is 298 g/mol. The Bertz CT molecular complexity index is 639. The van der Waals surface area contributed by atoms with E-state index >= 15 is 0 Å². The maximum absolute atomic E-state index is 6.00. The van der Waals surface area contributed by atoms with Gasteiger partial charge < -0.3 is 0 Å². The molecule has 1 saturated carbocycles. The largest absolute Gasteiger partial charge is 0.291 e. The molecule has 4 rings (SSSR count). The molecule has 2 aliphatic rings. The third-order valence-corrected chi connectivity index (χ3v) is 5.35. The summed E-state index contributed by atoms with van der Waals surface area (Å²) >= 11 is 6.00. The summed E-state index contributed by atoms with van der Waals surface area (Å²) < 4.78 is 1.90. The van der Waals surface area contributed by atoms with Gasteiger partial charge in [-0.1, -0.05) is 24.4 Å². The normalized spacial score (nSPS) is 21.5. The molecule has 6 heteroatoms. The second kappa shape index (κ2) is 5.63. The highest BCUT2D eigenvalue weighted by atomic mass is 35.5. The first-order valence-electron chi connectivity index (χ1n) is 8.09. The Morgan fingerprint density at radius 3 is 2.32 bits per heavy atom. The Balaban J connectivity index is 1.78. The second-order valence-corrected chi connectivity index (χ2v) is 6.76. The highest BCUT2D eigenvalue weighted by Gasteiger charge is 2.46. The zero-order chi connectivity index (χ0) is 15.0. The Kier molecular flexibility index (Phi) is 3.62. The Labute approximate surface area is 135 Å². The van der Waals surface area contributed by atoms with Gasteiger partial charge in [0, 0.05) is 5.02 Å². The van der Waals surface area contributed by atoms with Crippen molar-refractivity contribution in [2.75, 3.05) is 13.1 Å². The number of hydrogen-bond acceptors (Lipinski definition) is 4. The van der Waals surface area contributed by atoms with Gasteiger partial charge in [-0.2, -0.15) is 4.68 Å². The molecule has 1 aliphatic heterocycles. The average Bonchev–Trinajstić information content (AvgIpc) is 3.28. The van der Waals surface area contributed by atoms with E-state index in [1.165, 1.54) is 25.7 Å². The van der Waals surface area contributed by atoms with Gasteiger partial charge in [0.25, 0.3) is 0 Å². The van der Waals surface area contributed by atoms with Crippen molar-refractivity contribution >= 4 is 11.6 Å². The highest BCUT2D eigenvalue weighted by Crippen LogP contribution is 2.44. The molecule has 22 heavy (non-hydrogen) atoms. The SMILES string of the molecule is Clc1ccc(-n2nnnc2C2(N3CCCC3)CCCC2)cc1. The fourth-order valence-electron chi connectivity index (χ4n) is 4.02. The Hall–Kier alpha value is -1.46. The summed E-state index contributed by atoms with van der Waals surface area (Å²) in [5, 5.41) is 13.4. The van der Waals surface area contributed by atoms with Gasteiger partial charge in [-0.3, -0.25) is 4.90 Å². The van der Waals surface area contributed by atoms with Crippen molar-refractivity contribution in [2.24, 2.45) is 0 Å². The van der Waals surface area contributed by atoms with Gasteiger partial charge in [0.2, 0.25) is 0 Å².